The molecule has 0 unspecified atom stereocenters. The van der Waals surface area contributed by atoms with Crippen molar-refractivity contribution < 1.29 is 23.8 Å². The van der Waals surface area contributed by atoms with Crippen molar-refractivity contribution in [1.82, 2.24) is 0 Å². The lowest BCUT2D eigenvalue weighted by molar-refractivity contribution is 0.0592. The quantitative estimate of drug-likeness (QED) is 0.288. The molecule has 0 bridgehead atoms. The van der Waals surface area contributed by atoms with Crippen LogP contribution in [-0.4, -0.2) is 26.2 Å². The molecule has 0 N–H and O–H groups in total. The van der Waals surface area contributed by atoms with Gasteiger partial charge >= 0.3 is 11.9 Å². The molecule has 0 amide bonds. The summed E-state index contributed by atoms with van der Waals surface area (Å²) < 4.78 is 15.5. The summed E-state index contributed by atoms with van der Waals surface area (Å²) in [7, 11) is 2.76. The predicted octanol–water partition coefficient (Wildman–Crippen LogP) is 6.23. The monoisotopic (exact) mass is 466 g/mol. The Morgan fingerprint density at radius 3 is 1.06 bits per heavy atom. The van der Waals surface area contributed by atoms with E-state index in [1.165, 1.54) is 14.2 Å². The number of hydrogen-bond acceptors (Lipinski definition) is 5. The Morgan fingerprint density at radius 2 is 0.771 bits per heavy atom. The van der Waals surface area contributed by atoms with E-state index in [2.05, 4.69) is 0 Å². The molecule has 0 aliphatic carbocycles. The molecule has 0 fully saturated rings. The maximum absolute atomic E-state index is 11.6. The molecule has 0 atom stereocenters. The minimum absolute atomic E-state index is 0.333. The third-order valence-corrected chi connectivity index (χ3v) is 5.65. The maximum atomic E-state index is 11.6. The summed E-state index contributed by atoms with van der Waals surface area (Å²) in [5.74, 6) is 0.864. The van der Waals surface area contributed by atoms with Gasteiger partial charge in [0.15, 0.2) is 0 Å². The van der Waals surface area contributed by atoms with Gasteiger partial charge in [0.2, 0.25) is 0 Å². The Hall–Kier alpha value is -4.38. The van der Waals surface area contributed by atoms with Gasteiger partial charge in [0.05, 0.1) is 25.3 Å². The van der Waals surface area contributed by atoms with E-state index in [4.69, 9.17) is 14.2 Å². The zero-order valence-electron chi connectivity index (χ0n) is 19.7. The fourth-order valence-corrected chi connectivity index (χ4v) is 3.71. The molecule has 4 aromatic carbocycles. The molecule has 176 valence electrons. The summed E-state index contributed by atoms with van der Waals surface area (Å²) in [6.45, 7) is 0. The number of hydrogen-bond donors (Lipinski definition) is 0. The van der Waals surface area contributed by atoms with Crippen molar-refractivity contribution >= 4 is 11.9 Å². The minimum atomic E-state index is -0.333. The smallest absolute Gasteiger partial charge is 0.337 e. The van der Waals surface area contributed by atoms with E-state index in [1.54, 1.807) is 24.3 Å². The first-order valence-electron chi connectivity index (χ1n) is 11.2. The Labute approximate surface area is 204 Å². The van der Waals surface area contributed by atoms with Crippen LogP contribution in [0.15, 0.2) is 97.1 Å². The summed E-state index contributed by atoms with van der Waals surface area (Å²) in [6.07, 6.45) is 1.52. The molecule has 0 aliphatic rings. The van der Waals surface area contributed by atoms with Crippen LogP contribution in [0.3, 0.4) is 0 Å². The predicted molar refractivity (Wildman–Crippen MR) is 134 cm³/mol. The molecular formula is C30H26O5. The van der Waals surface area contributed by atoms with Crippen LogP contribution in [0.5, 0.6) is 11.5 Å². The van der Waals surface area contributed by atoms with Gasteiger partial charge in [-0.05, 0) is 83.6 Å². The normalized spacial score (nSPS) is 10.5. The van der Waals surface area contributed by atoms with Crippen LogP contribution in [0.4, 0.5) is 0 Å². The lowest BCUT2D eigenvalue weighted by Crippen LogP contribution is -2.01. The Morgan fingerprint density at radius 1 is 0.486 bits per heavy atom. The number of carbonyl (C=O) groups is 2. The number of esters is 2. The van der Waals surface area contributed by atoms with E-state index < -0.39 is 0 Å². The van der Waals surface area contributed by atoms with Gasteiger partial charge in [-0.25, -0.2) is 9.59 Å². The molecule has 4 rings (SSSR count). The molecule has 0 aromatic heterocycles. The number of carbonyl (C=O) groups excluding carboxylic acids is 2. The first-order chi connectivity index (χ1) is 17.0. The lowest BCUT2D eigenvalue weighted by Gasteiger charge is -2.09. The van der Waals surface area contributed by atoms with E-state index in [9.17, 15) is 9.59 Å². The highest BCUT2D eigenvalue weighted by molar-refractivity contribution is 5.89. The number of ether oxygens (including phenoxy) is 3. The summed E-state index contributed by atoms with van der Waals surface area (Å²) >= 11 is 0. The van der Waals surface area contributed by atoms with Crippen LogP contribution in [0.25, 0.3) is 0 Å². The molecule has 35 heavy (non-hydrogen) atoms. The van der Waals surface area contributed by atoms with Crippen molar-refractivity contribution in [3.05, 3.63) is 130 Å². The minimum Gasteiger partial charge on any atom is -0.465 e. The SMILES string of the molecule is COC(=O)c1ccc(Cc2ccc(Oc3ccc(Cc4ccc(C(=O)OC)cc4)cc3)cc2)cc1. The van der Waals surface area contributed by atoms with E-state index >= 15 is 0 Å². The zero-order valence-corrected chi connectivity index (χ0v) is 19.7. The first kappa shape index (κ1) is 23.8. The molecule has 0 saturated heterocycles. The average Bonchev–Trinajstić information content (AvgIpc) is 2.91. The second kappa shape index (κ2) is 11.2. The summed E-state index contributed by atoms with van der Waals surface area (Å²) in [5, 5.41) is 0. The van der Waals surface area contributed by atoms with Crippen LogP contribution < -0.4 is 4.74 Å². The highest BCUT2D eigenvalue weighted by atomic mass is 16.5. The number of benzene rings is 4. The van der Waals surface area contributed by atoms with E-state index in [0.717, 1.165) is 46.6 Å². The van der Waals surface area contributed by atoms with E-state index in [-0.39, 0.29) is 11.9 Å². The average molecular weight is 467 g/mol. The largest absolute Gasteiger partial charge is 0.465 e. The van der Waals surface area contributed by atoms with Gasteiger partial charge in [0.1, 0.15) is 11.5 Å². The van der Waals surface area contributed by atoms with E-state index in [0.29, 0.717) is 11.1 Å². The highest BCUT2D eigenvalue weighted by Crippen LogP contribution is 2.24. The fourth-order valence-electron chi connectivity index (χ4n) is 3.71. The summed E-state index contributed by atoms with van der Waals surface area (Å²) in [5.41, 5.74) is 5.61. The van der Waals surface area contributed by atoms with Crippen molar-refractivity contribution in [2.24, 2.45) is 0 Å². The first-order valence-corrected chi connectivity index (χ1v) is 11.2. The zero-order chi connectivity index (χ0) is 24.6. The van der Waals surface area contributed by atoms with Crippen LogP contribution in [0.1, 0.15) is 43.0 Å². The third-order valence-electron chi connectivity index (χ3n) is 5.65. The maximum Gasteiger partial charge on any atom is 0.337 e. The van der Waals surface area contributed by atoms with Gasteiger partial charge in [0, 0.05) is 0 Å². The molecule has 0 radical (unpaired) electrons. The third kappa shape index (κ3) is 6.36. The topological polar surface area (TPSA) is 61.8 Å². The van der Waals surface area contributed by atoms with Crippen molar-refractivity contribution in [3.63, 3.8) is 0 Å². The molecule has 5 heteroatoms. The Kier molecular flexibility index (Phi) is 7.58. The van der Waals surface area contributed by atoms with Crippen molar-refractivity contribution in [1.29, 1.82) is 0 Å². The number of rotatable bonds is 8. The van der Waals surface area contributed by atoms with Gasteiger partial charge in [-0.15, -0.1) is 0 Å². The van der Waals surface area contributed by atoms with Crippen molar-refractivity contribution in [3.8, 4) is 11.5 Å². The summed E-state index contributed by atoms with van der Waals surface area (Å²) in [4.78, 5) is 23.1. The van der Waals surface area contributed by atoms with E-state index in [1.807, 2.05) is 72.8 Å². The second-order valence-corrected chi connectivity index (χ2v) is 8.12. The van der Waals surface area contributed by atoms with Gasteiger partial charge in [0.25, 0.3) is 0 Å². The molecule has 0 saturated carbocycles. The van der Waals surface area contributed by atoms with Crippen molar-refractivity contribution in [2.45, 2.75) is 12.8 Å². The number of methoxy groups -OCH3 is 2. The molecule has 0 aliphatic heterocycles. The molecule has 0 heterocycles. The second-order valence-electron chi connectivity index (χ2n) is 8.12. The summed E-state index contributed by atoms with van der Waals surface area (Å²) in [6, 6.07) is 30.8. The fraction of sp³-hybridized carbons (Fsp3) is 0.133. The van der Waals surface area contributed by atoms with Crippen LogP contribution >= 0.6 is 0 Å². The van der Waals surface area contributed by atoms with Crippen LogP contribution in [0, 0.1) is 0 Å². The molecule has 4 aromatic rings. The molecular weight excluding hydrogens is 440 g/mol. The van der Waals surface area contributed by atoms with Crippen LogP contribution in [0.2, 0.25) is 0 Å². The van der Waals surface area contributed by atoms with Crippen LogP contribution in [-0.2, 0) is 22.3 Å². The van der Waals surface area contributed by atoms with Crippen molar-refractivity contribution in [2.75, 3.05) is 14.2 Å². The van der Waals surface area contributed by atoms with Gasteiger partial charge in [-0.2, -0.15) is 0 Å². The van der Waals surface area contributed by atoms with Gasteiger partial charge in [-0.3, -0.25) is 0 Å². The Bertz CT molecular complexity index is 1170. The highest BCUT2D eigenvalue weighted by Gasteiger charge is 2.07. The van der Waals surface area contributed by atoms with Gasteiger partial charge < -0.3 is 14.2 Å². The standard InChI is InChI=1S/C30H26O5/c1-33-29(31)25-11-3-21(4-12-25)19-23-7-15-27(16-8-23)35-28-17-9-24(10-18-28)20-22-5-13-26(14-6-22)30(32)34-2/h3-18H,19-20H2,1-2H3. The Balaban J connectivity index is 1.32. The molecule has 0 spiro atoms. The molecule has 5 nitrogen and oxygen atoms in total. The lowest BCUT2D eigenvalue weighted by atomic mass is 10.0. The van der Waals surface area contributed by atoms with Gasteiger partial charge in [-0.1, -0.05) is 48.5 Å².